The normalized spacial score (nSPS) is 12.8. The van der Waals surface area contributed by atoms with E-state index in [4.69, 9.17) is 0 Å². The van der Waals surface area contributed by atoms with Gasteiger partial charge in [-0.1, -0.05) is 56.3 Å². The Bertz CT molecular complexity index is 1240. The van der Waals surface area contributed by atoms with E-state index in [1.807, 2.05) is 29.6 Å². The molecule has 2 heterocycles. The Hall–Kier alpha value is -2.77. The topological polar surface area (TPSA) is 72.0 Å². The molecule has 0 amide bonds. The first kappa shape index (κ1) is 19.5. The standard InChI is InChI=1S/C22H21N3O2S2/c1-3-15(2)16-9-11-17(12-10-16)19-14-28-22(24-19)25-29(26,27)20-8-4-6-18-7-5-13-23-21(18)20/h4-15H,3H2,1-2H3,(H,24,25). The summed E-state index contributed by atoms with van der Waals surface area (Å²) in [4.78, 5) is 8.85. The molecule has 0 radical (unpaired) electrons. The molecule has 0 fully saturated rings. The van der Waals surface area contributed by atoms with Crippen LogP contribution in [0.1, 0.15) is 31.7 Å². The average molecular weight is 424 g/mol. The van der Waals surface area contributed by atoms with Crippen LogP contribution >= 0.6 is 11.3 Å². The average Bonchev–Trinajstić information content (AvgIpc) is 3.20. The number of nitrogens with zero attached hydrogens (tertiary/aromatic N) is 2. The van der Waals surface area contributed by atoms with Crippen LogP contribution in [-0.2, 0) is 10.0 Å². The summed E-state index contributed by atoms with van der Waals surface area (Å²) in [6.45, 7) is 4.37. The molecule has 7 heteroatoms. The van der Waals surface area contributed by atoms with Crippen LogP contribution in [0, 0.1) is 0 Å². The maximum Gasteiger partial charge on any atom is 0.265 e. The Morgan fingerprint density at radius 3 is 2.59 bits per heavy atom. The monoisotopic (exact) mass is 423 g/mol. The number of hydrogen-bond acceptors (Lipinski definition) is 5. The lowest BCUT2D eigenvalue weighted by atomic mass is 9.97. The zero-order valence-corrected chi connectivity index (χ0v) is 17.8. The number of thiazole rings is 1. The number of benzene rings is 2. The van der Waals surface area contributed by atoms with E-state index in [0.29, 0.717) is 16.6 Å². The Morgan fingerprint density at radius 2 is 1.83 bits per heavy atom. The third kappa shape index (κ3) is 4.02. The fourth-order valence-corrected chi connectivity index (χ4v) is 5.29. The lowest BCUT2D eigenvalue weighted by Crippen LogP contribution is -2.13. The molecule has 2 aromatic heterocycles. The number of hydrogen-bond donors (Lipinski definition) is 1. The van der Waals surface area contributed by atoms with Crippen molar-refractivity contribution in [2.75, 3.05) is 4.72 Å². The molecule has 1 N–H and O–H groups in total. The molecule has 4 aromatic rings. The van der Waals surface area contributed by atoms with Gasteiger partial charge in [0.15, 0.2) is 5.13 Å². The summed E-state index contributed by atoms with van der Waals surface area (Å²) < 4.78 is 28.5. The first-order valence-electron chi connectivity index (χ1n) is 9.40. The molecule has 0 aliphatic carbocycles. The van der Waals surface area contributed by atoms with E-state index in [9.17, 15) is 8.42 Å². The second-order valence-electron chi connectivity index (χ2n) is 6.91. The number of fused-ring (bicyclic) bond motifs is 1. The molecule has 1 unspecified atom stereocenters. The number of para-hydroxylation sites is 1. The Labute approximate surface area is 174 Å². The SMILES string of the molecule is CCC(C)c1ccc(-c2csc(NS(=O)(=O)c3cccc4cccnc34)n2)cc1. The predicted molar refractivity (Wildman–Crippen MR) is 119 cm³/mol. The van der Waals surface area contributed by atoms with Crippen molar-refractivity contribution in [2.45, 2.75) is 31.1 Å². The molecule has 0 saturated heterocycles. The Balaban J connectivity index is 1.60. The maximum absolute atomic E-state index is 12.9. The fourth-order valence-electron chi connectivity index (χ4n) is 3.13. The van der Waals surface area contributed by atoms with Crippen LogP contribution < -0.4 is 4.72 Å². The molecular weight excluding hydrogens is 402 g/mol. The van der Waals surface area contributed by atoms with Crippen LogP contribution in [0.15, 0.2) is 71.1 Å². The molecule has 1 atom stereocenters. The van der Waals surface area contributed by atoms with Gasteiger partial charge in [-0.25, -0.2) is 13.4 Å². The molecule has 0 bridgehead atoms. The van der Waals surface area contributed by atoms with Crippen LogP contribution in [0.4, 0.5) is 5.13 Å². The molecule has 0 saturated carbocycles. The molecule has 148 valence electrons. The number of sulfonamides is 1. The highest BCUT2D eigenvalue weighted by molar-refractivity contribution is 7.93. The number of nitrogens with one attached hydrogen (secondary N) is 1. The lowest BCUT2D eigenvalue weighted by Gasteiger charge is -2.09. The van der Waals surface area contributed by atoms with Gasteiger partial charge in [0.1, 0.15) is 4.90 Å². The third-order valence-corrected chi connectivity index (χ3v) is 7.26. The minimum Gasteiger partial charge on any atom is -0.255 e. The van der Waals surface area contributed by atoms with E-state index in [1.54, 1.807) is 24.4 Å². The molecule has 29 heavy (non-hydrogen) atoms. The van der Waals surface area contributed by atoms with Gasteiger partial charge in [0, 0.05) is 22.5 Å². The van der Waals surface area contributed by atoms with Gasteiger partial charge in [-0.05, 0) is 30.0 Å². The zero-order chi connectivity index (χ0) is 20.4. The third-order valence-electron chi connectivity index (χ3n) is 5.00. The predicted octanol–water partition coefficient (Wildman–Crippen LogP) is 5.67. The van der Waals surface area contributed by atoms with Crippen molar-refractivity contribution < 1.29 is 8.42 Å². The highest BCUT2D eigenvalue weighted by Crippen LogP contribution is 2.29. The van der Waals surface area contributed by atoms with Crippen LogP contribution in [-0.4, -0.2) is 18.4 Å². The molecule has 0 spiro atoms. The van der Waals surface area contributed by atoms with E-state index in [2.05, 4.69) is 40.7 Å². The van der Waals surface area contributed by atoms with Crippen molar-refractivity contribution in [2.24, 2.45) is 0 Å². The molecule has 4 rings (SSSR count). The Morgan fingerprint density at radius 1 is 1.07 bits per heavy atom. The van der Waals surface area contributed by atoms with Gasteiger partial charge in [0.25, 0.3) is 10.0 Å². The smallest absolute Gasteiger partial charge is 0.255 e. The van der Waals surface area contributed by atoms with Crippen molar-refractivity contribution in [3.8, 4) is 11.3 Å². The summed E-state index contributed by atoms with van der Waals surface area (Å²) in [6.07, 6.45) is 2.68. The summed E-state index contributed by atoms with van der Waals surface area (Å²) >= 11 is 1.26. The second-order valence-corrected chi connectivity index (χ2v) is 9.41. The summed E-state index contributed by atoms with van der Waals surface area (Å²) in [5.41, 5.74) is 3.45. The van der Waals surface area contributed by atoms with Gasteiger partial charge in [0.05, 0.1) is 11.2 Å². The minimum absolute atomic E-state index is 0.144. The maximum atomic E-state index is 12.9. The van der Waals surface area contributed by atoms with Crippen LogP contribution in [0.3, 0.4) is 0 Å². The highest BCUT2D eigenvalue weighted by atomic mass is 32.2. The molecular formula is C22H21N3O2S2. The fraction of sp³-hybridized carbons (Fsp3) is 0.182. The van der Waals surface area contributed by atoms with Crippen LogP contribution in [0.2, 0.25) is 0 Å². The van der Waals surface area contributed by atoms with E-state index in [0.717, 1.165) is 23.1 Å². The van der Waals surface area contributed by atoms with E-state index in [1.165, 1.54) is 16.9 Å². The molecule has 0 aliphatic rings. The number of rotatable bonds is 6. The summed E-state index contributed by atoms with van der Waals surface area (Å²) in [7, 11) is -3.79. The van der Waals surface area contributed by atoms with Gasteiger partial charge >= 0.3 is 0 Å². The van der Waals surface area contributed by atoms with Gasteiger partial charge in [-0.15, -0.1) is 11.3 Å². The molecule has 0 aliphatic heterocycles. The van der Waals surface area contributed by atoms with Crippen LogP contribution in [0.5, 0.6) is 0 Å². The van der Waals surface area contributed by atoms with Gasteiger partial charge in [-0.3, -0.25) is 9.71 Å². The van der Waals surface area contributed by atoms with Gasteiger partial charge in [0.2, 0.25) is 0 Å². The van der Waals surface area contributed by atoms with Crippen LogP contribution in [0.25, 0.3) is 22.2 Å². The first-order valence-corrected chi connectivity index (χ1v) is 11.8. The van der Waals surface area contributed by atoms with Crippen molar-refractivity contribution in [1.82, 2.24) is 9.97 Å². The second kappa shape index (κ2) is 7.93. The van der Waals surface area contributed by atoms with E-state index < -0.39 is 10.0 Å². The van der Waals surface area contributed by atoms with Crippen molar-refractivity contribution in [3.63, 3.8) is 0 Å². The summed E-state index contributed by atoms with van der Waals surface area (Å²) in [6, 6.07) is 17.0. The van der Waals surface area contributed by atoms with E-state index >= 15 is 0 Å². The Kier molecular flexibility index (Phi) is 5.34. The van der Waals surface area contributed by atoms with Crippen molar-refractivity contribution in [3.05, 3.63) is 71.7 Å². The minimum atomic E-state index is -3.79. The lowest BCUT2D eigenvalue weighted by molar-refractivity contribution is 0.602. The number of anilines is 1. The zero-order valence-electron chi connectivity index (χ0n) is 16.2. The quantitative estimate of drug-likeness (QED) is 0.433. The van der Waals surface area contributed by atoms with Crippen molar-refractivity contribution >= 4 is 37.4 Å². The van der Waals surface area contributed by atoms with Gasteiger partial charge < -0.3 is 0 Å². The van der Waals surface area contributed by atoms with E-state index in [-0.39, 0.29) is 4.90 Å². The summed E-state index contributed by atoms with van der Waals surface area (Å²) in [5.74, 6) is 0.510. The summed E-state index contributed by atoms with van der Waals surface area (Å²) in [5, 5.41) is 2.97. The number of pyridine rings is 1. The molecule has 2 aromatic carbocycles. The van der Waals surface area contributed by atoms with Crippen molar-refractivity contribution in [1.29, 1.82) is 0 Å². The molecule has 5 nitrogen and oxygen atoms in total. The first-order chi connectivity index (χ1) is 14.0. The highest BCUT2D eigenvalue weighted by Gasteiger charge is 2.20. The van der Waals surface area contributed by atoms with Gasteiger partial charge in [-0.2, -0.15) is 0 Å². The largest absolute Gasteiger partial charge is 0.265 e. The number of aromatic nitrogens is 2.